The van der Waals surface area contributed by atoms with Gasteiger partial charge in [0.15, 0.2) is 0 Å². The number of benzene rings is 2. The predicted molar refractivity (Wildman–Crippen MR) is 81.0 cm³/mol. The highest BCUT2D eigenvalue weighted by Crippen LogP contribution is 2.32. The average Bonchev–Trinajstić information content (AvgIpc) is 2.38. The number of fused-ring (bicyclic) bond motifs is 1. The first kappa shape index (κ1) is 16.3. The summed E-state index contributed by atoms with van der Waals surface area (Å²) in [5, 5.41) is 11.8. The number of hydrogen-bond acceptors (Lipinski definition) is 4. The molecule has 4 nitrogen and oxygen atoms in total. The summed E-state index contributed by atoms with van der Waals surface area (Å²) in [7, 11) is 0. The second-order valence-corrected chi connectivity index (χ2v) is 4.34. The summed E-state index contributed by atoms with van der Waals surface area (Å²) in [6.45, 7) is 2.08. The number of phenolic OH excluding ortho intramolecular Hbond substituents is 1. The third-order valence-electron chi connectivity index (χ3n) is 3.01. The zero-order valence-corrected chi connectivity index (χ0v) is 12.0. The van der Waals surface area contributed by atoms with Crippen molar-refractivity contribution in [2.24, 2.45) is 5.73 Å². The van der Waals surface area contributed by atoms with E-state index in [9.17, 15) is 9.90 Å². The Morgan fingerprint density at radius 3 is 2.70 bits per heavy atom. The van der Waals surface area contributed by atoms with Crippen molar-refractivity contribution >= 4 is 29.1 Å². The lowest BCUT2D eigenvalue weighted by molar-refractivity contribution is -0.143. The molecule has 0 unspecified atom stereocenters. The molecular weight excluding hydrogens is 278 g/mol. The lowest BCUT2D eigenvalue weighted by Gasteiger charge is -2.15. The van der Waals surface area contributed by atoms with Crippen molar-refractivity contribution in [1.29, 1.82) is 0 Å². The van der Waals surface area contributed by atoms with Crippen LogP contribution in [0.1, 0.15) is 24.9 Å². The van der Waals surface area contributed by atoms with Gasteiger partial charge in [-0.1, -0.05) is 30.3 Å². The Morgan fingerprint density at radius 1 is 1.30 bits per heavy atom. The van der Waals surface area contributed by atoms with Crippen LogP contribution in [0, 0.1) is 0 Å². The second-order valence-electron chi connectivity index (χ2n) is 4.34. The van der Waals surface area contributed by atoms with Crippen molar-refractivity contribution in [1.82, 2.24) is 0 Å². The van der Waals surface area contributed by atoms with Crippen LogP contribution in [0.25, 0.3) is 10.8 Å². The average molecular weight is 296 g/mol. The fourth-order valence-corrected chi connectivity index (χ4v) is 2.18. The lowest BCUT2D eigenvalue weighted by atomic mass is 9.96. The summed E-state index contributed by atoms with van der Waals surface area (Å²) in [6, 6.07) is 10.5. The van der Waals surface area contributed by atoms with Crippen molar-refractivity contribution in [3.63, 3.8) is 0 Å². The zero-order valence-electron chi connectivity index (χ0n) is 11.2. The SMILES string of the molecule is CCOC(=O)C[C@@H](N)c1c(O)ccc2ccccc12.Cl. The van der Waals surface area contributed by atoms with E-state index < -0.39 is 6.04 Å². The van der Waals surface area contributed by atoms with Gasteiger partial charge in [0, 0.05) is 11.6 Å². The van der Waals surface area contributed by atoms with Crippen LogP contribution >= 0.6 is 12.4 Å². The zero-order chi connectivity index (χ0) is 13.8. The number of aromatic hydroxyl groups is 1. The highest BCUT2D eigenvalue weighted by molar-refractivity contribution is 5.88. The third-order valence-corrected chi connectivity index (χ3v) is 3.01. The molecule has 2 aromatic carbocycles. The molecule has 0 heterocycles. The highest BCUT2D eigenvalue weighted by atomic mass is 35.5. The molecule has 0 bridgehead atoms. The van der Waals surface area contributed by atoms with E-state index in [1.54, 1.807) is 13.0 Å². The Morgan fingerprint density at radius 2 is 2.00 bits per heavy atom. The van der Waals surface area contributed by atoms with Crippen LogP contribution in [0.2, 0.25) is 0 Å². The van der Waals surface area contributed by atoms with E-state index in [4.69, 9.17) is 10.5 Å². The standard InChI is InChI=1S/C15H17NO3.ClH/c1-2-19-14(18)9-12(16)15-11-6-4-3-5-10(11)7-8-13(15)17;/h3-8,12,17H,2,9,16H2,1H3;1H/t12-;/m1./s1. The van der Waals surface area contributed by atoms with Gasteiger partial charge in [-0.05, 0) is 23.8 Å². The smallest absolute Gasteiger partial charge is 0.307 e. The molecule has 2 aromatic rings. The Labute approximate surface area is 124 Å². The Balaban J connectivity index is 0.00000200. The summed E-state index contributed by atoms with van der Waals surface area (Å²) in [5.41, 5.74) is 6.62. The number of carbonyl (C=O) groups is 1. The Kier molecular flexibility index (Phi) is 5.80. The molecule has 3 N–H and O–H groups in total. The minimum atomic E-state index is -0.579. The number of hydrogen-bond donors (Lipinski definition) is 2. The van der Waals surface area contributed by atoms with Gasteiger partial charge >= 0.3 is 5.97 Å². The number of rotatable bonds is 4. The first-order chi connectivity index (χ1) is 9.13. The van der Waals surface area contributed by atoms with Gasteiger partial charge in [-0.3, -0.25) is 4.79 Å². The molecule has 20 heavy (non-hydrogen) atoms. The minimum Gasteiger partial charge on any atom is -0.508 e. The molecular formula is C15H18ClNO3. The molecule has 2 rings (SSSR count). The van der Waals surface area contributed by atoms with Gasteiger partial charge in [0.1, 0.15) is 5.75 Å². The number of esters is 1. The molecule has 0 saturated carbocycles. The van der Waals surface area contributed by atoms with Crippen molar-refractivity contribution in [2.75, 3.05) is 6.61 Å². The predicted octanol–water partition coefficient (Wildman–Crippen LogP) is 2.92. The maximum atomic E-state index is 11.5. The van der Waals surface area contributed by atoms with E-state index in [1.807, 2.05) is 30.3 Å². The van der Waals surface area contributed by atoms with Crippen molar-refractivity contribution in [3.8, 4) is 5.75 Å². The molecule has 0 saturated heterocycles. The fraction of sp³-hybridized carbons (Fsp3) is 0.267. The summed E-state index contributed by atoms with van der Waals surface area (Å²) in [4.78, 5) is 11.5. The molecule has 0 aromatic heterocycles. The van der Waals surface area contributed by atoms with Crippen molar-refractivity contribution in [3.05, 3.63) is 42.0 Å². The van der Waals surface area contributed by atoms with Gasteiger partial charge in [0.25, 0.3) is 0 Å². The van der Waals surface area contributed by atoms with E-state index >= 15 is 0 Å². The molecule has 0 aliphatic heterocycles. The maximum Gasteiger partial charge on any atom is 0.307 e. The monoisotopic (exact) mass is 295 g/mol. The third kappa shape index (κ3) is 3.40. The summed E-state index contributed by atoms with van der Waals surface area (Å²) >= 11 is 0. The molecule has 5 heteroatoms. The van der Waals surface area contributed by atoms with Crippen molar-refractivity contribution < 1.29 is 14.6 Å². The number of phenols is 1. The second kappa shape index (κ2) is 7.12. The van der Waals surface area contributed by atoms with Gasteiger partial charge in [-0.15, -0.1) is 12.4 Å². The number of carbonyl (C=O) groups excluding carboxylic acids is 1. The number of ether oxygens (including phenoxy) is 1. The van der Waals surface area contributed by atoms with Gasteiger partial charge in [0.05, 0.1) is 13.0 Å². The number of nitrogens with two attached hydrogens (primary N) is 1. The van der Waals surface area contributed by atoms with E-state index in [0.717, 1.165) is 10.8 Å². The van der Waals surface area contributed by atoms with Gasteiger partial charge in [0.2, 0.25) is 0 Å². The number of halogens is 1. The summed E-state index contributed by atoms with van der Waals surface area (Å²) < 4.78 is 4.89. The molecule has 0 radical (unpaired) electrons. The van der Waals surface area contributed by atoms with Gasteiger partial charge in [-0.25, -0.2) is 0 Å². The minimum absolute atomic E-state index is 0. The topological polar surface area (TPSA) is 72.5 Å². The van der Waals surface area contributed by atoms with Crippen LogP contribution < -0.4 is 5.73 Å². The summed E-state index contributed by atoms with van der Waals surface area (Å²) in [6.07, 6.45) is 0.0510. The highest BCUT2D eigenvalue weighted by Gasteiger charge is 2.18. The van der Waals surface area contributed by atoms with Crippen LogP contribution in [-0.4, -0.2) is 17.7 Å². The molecule has 0 fully saturated rings. The molecule has 0 amide bonds. The van der Waals surface area contributed by atoms with Gasteiger partial charge < -0.3 is 15.6 Å². The van der Waals surface area contributed by atoms with E-state index in [1.165, 1.54) is 0 Å². The normalized spacial score (nSPS) is 11.7. The van der Waals surface area contributed by atoms with Crippen LogP contribution in [0.3, 0.4) is 0 Å². The molecule has 1 atom stereocenters. The quantitative estimate of drug-likeness (QED) is 0.851. The van der Waals surface area contributed by atoms with Crippen LogP contribution in [-0.2, 0) is 9.53 Å². The molecule has 108 valence electrons. The molecule has 0 aliphatic carbocycles. The largest absolute Gasteiger partial charge is 0.508 e. The maximum absolute atomic E-state index is 11.5. The van der Waals surface area contributed by atoms with Crippen LogP contribution in [0.5, 0.6) is 5.75 Å². The Hall–Kier alpha value is -1.78. The lowest BCUT2D eigenvalue weighted by Crippen LogP contribution is -2.17. The molecule has 0 aliphatic rings. The van der Waals surface area contributed by atoms with E-state index in [-0.39, 0.29) is 30.5 Å². The van der Waals surface area contributed by atoms with E-state index in [2.05, 4.69) is 0 Å². The molecule has 0 spiro atoms. The van der Waals surface area contributed by atoms with E-state index in [0.29, 0.717) is 12.2 Å². The first-order valence-corrected chi connectivity index (χ1v) is 6.25. The summed E-state index contributed by atoms with van der Waals surface area (Å²) in [5.74, 6) is -0.252. The van der Waals surface area contributed by atoms with Crippen molar-refractivity contribution in [2.45, 2.75) is 19.4 Å². The Bertz CT molecular complexity index is 601. The fourth-order valence-electron chi connectivity index (χ4n) is 2.18. The van der Waals surface area contributed by atoms with Gasteiger partial charge in [-0.2, -0.15) is 0 Å². The first-order valence-electron chi connectivity index (χ1n) is 6.25. The van der Waals surface area contributed by atoms with Crippen LogP contribution in [0.15, 0.2) is 36.4 Å². The van der Waals surface area contributed by atoms with Crippen LogP contribution in [0.4, 0.5) is 0 Å².